The van der Waals surface area contributed by atoms with Gasteiger partial charge in [0.15, 0.2) is 17.7 Å². The van der Waals surface area contributed by atoms with Gasteiger partial charge in [-0.25, -0.2) is 9.18 Å². The summed E-state index contributed by atoms with van der Waals surface area (Å²) in [5, 5.41) is 9.10. The van der Waals surface area contributed by atoms with Crippen LogP contribution in [0.15, 0.2) is 18.2 Å². The van der Waals surface area contributed by atoms with E-state index in [2.05, 4.69) is 0 Å². The van der Waals surface area contributed by atoms with Gasteiger partial charge in [0.2, 0.25) is 0 Å². The number of para-hydroxylation sites is 1. The highest BCUT2D eigenvalue weighted by molar-refractivity contribution is 5.88. The molecule has 0 saturated carbocycles. The second-order valence-electron chi connectivity index (χ2n) is 5.07. The van der Waals surface area contributed by atoms with Crippen molar-refractivity contribution in [3.8, 4) is 5.75 Å². The van der Waals surface area contributed by atoms with Crippen LogP contribution >= 0.6 is 0 Å². The first-order chi connectivity index (χ1) is 9.58. The third kappa shape index (κ3) is 2.01. The van der Waals surface area contributed by atoms with Gasteiger partial charge in [-0.2, -0.15) is 0 Å². The molecule has 5 nitrogen and oxygen atoms in total. The van der Waals surface area contributed by atoms with Crippen molar-refractivity contribution in [3.05, 3.63) is 29.6 Å². The van der Waals surface area contributed by atoms with Gasteiger partial charge in [-0.15, -0.1) is 0 Å². The lowest BCUT2D eigenvalue weighted by Crippen LogP contribution is -2.46. The number of halogens is 1. The standard InChI is InChI=1S/C14H14FNO4/c15-9-4-1-3-8-7-11(20-12(8)9)13(17)16-6-2-5-10(16)14(18)19/h1,3-4,10-11H,2,5-7H2,(H,18,19)/t10-,11-/m0/s1. The van der Waals surface area contributed by atoms with Gasteiger partial charge in [0.1, 0.15) is 6.04 Å². The van der Waals surface area contributed by atoms with Gasteiger partial charge in [-0.05, 0) is 18.9 Å². The Balaban J connectivity index is 1.77. The smallest absolute Gasteiger partial charge is 0.326 e. The number of hydrogen-bond acceptors (Lipinski definition) is 3. The third-order valence-electron chi connectivity index (χ3n) is 3.81. The zero-order valence-electron chi connectivity index (χ0n) is 10.7. The Morgan fingerprint density at radius 2 is 2.20 bits per heavy atom. The van der Waals surface area contributed by atoms with Gasteiger partial charge >= 0.3 is 5.97 Å². The van der Waals surface area contributed by atoms with Crippen LogP contribution in [0.1, 0.15) is 18.4 Å². The summed E-state index contributed by atoms with van der Waals surface area (Å²) in [5.74, 6) is -1.76. The molecule has 1 N–H and O–H groups in total. The van der Waals surface area contributed by atoms with Crippen molar-refractivity contribution in [3.63, 3.8) is 0 Å². The number of nitrogens with zero attached hydrogens (tertiary/aromatic N) is 1. The van der Waals surface area contributed by atoms with Crippen LogP contribution in [0.5, 0.6) is 5.75 Å². The summed E-state index contributed by atoms with van der Waals surface area (Å²) in [6.45, 7) is 0.411. The van der Waals surface area contributed by atoms with Gasteiger partial charge in [0.05, 0.1) is 0 Å². The summed E-state index contributed by atoms with van der Waals surface area (Å²) in [5.41, 5.74) is 0.648. The number of hydrogen-bond donors (Lipinski definition) is 1. The molecule has 0 aromatic heterocycles. The van der Waals surface area contributed by atoms with E-state index in [9.17, 15) is 14.0 Å². The van der Waals surface area contributed by atoms with E-state index in [0.29, 0.717) is 24.9 Å². The quantitative estimate of drug-likeness (QED) is 0.883. The maximum atomic E-state index is 13.6. The number of carboxylic acids is 1. The SMILES string of the molecule is O=C(O)[C@@H]1CCCN1C(=O)[C@@H]1Cc2cccc(F)c2O1. The number of benzene rings is 1. The monoisotopic (exact) mass is 279 g/mol. The van der Waals surface area contributed by atoms with E-state index < -0.39 is 23.9 Å². The summed E-state index contributed by atoms with van der Waals surface area (Å²) in [6.07, 6.45) is 0.586. The van der Waals surface area contributed by atoms with Gasteiger partial charge in [-0.3, -0.25) is 4.79 Å². The van der Waals surface area contributed by atoms with E-state index in [-0.39, 0.29) is 18.1 Å². The molecule has 2 atom stereocenters. The highest BCUT2D eigenvalue weighted by Crippen LogP contribution is 2.33. The molecule has 1 aromatic rings. The van der Waals surface area contributed by atoms with Crippen molar-refractivity contribution in [2.24, 2.45) is 0 Å². The Morgan fingerprint density at radius 3 is 2.90 bits per heavy atom. The first-order valence-corrected chi connectivity index (χ1v) is 6.55. The fraction of sp³-hybridized carbons (Fsp3) is 0.429. The molecule has 0 unspecified atom stereocenters. The molecule has 2 aliphatic heterocycles. The molecule has 0 aliphatic carbocycles. The molecular formula is C14H14FNO4. The summed E-state index contributed by atoms with van der Waals surface area (Å²) in [7, 11) is 0. The molecule has 2 aliphatic rings. The number of likely N-dealkylation sites (tertiary alicyclic amines) is 1. The molecule has 3 rings (SSSR count). The second kappa shape index (κ2) is 4.77. The van der Waals surface area contributed by atoms with Crippen molar-refractivity contribution < 1.29 is 23.8 Å². The number of ether oxygens (including phenoxy) is 1. The van der Waals surface area contributed by atoms with E-state index in [1.807, 2.05) is 0 Å². The molecule has 20 heavy (non-hydrogen) atoms. The number of carbonyl (C=O) groups excluding carboxylic acids is 1. The molecule has 1 amide bonds. The summed E-state index contributed by atoms with van der Waals surface area (Å²) in [6, 6.07) is 3.77. The molecule has 1 saturated heterocycles. The summed E-state index contributed by atoms with van der Waals surface area (Å²) < 4.78 is 18.9. The minimum atomic E-state index is -1.00. The molecule has 1 aromatic carbocycles. The topological polar surface area (TPSA) is 66.8 Å². The van der Waals surface area contributed by atoms with Crippen LogP contribution in [-0.2, 0) is 16.0 Å². The predicted octanol–water partition coefficient (Wildman–Crippen LogP) is 1.20. The van der Waals surface area contributed by atoms with Crippen molar-refractivity contribution in [2.45, 2.75) is 31.4 Å². The Hall–Kier alpha value is -2.11. The maximum absolute atomic E-state index is 13.6. The first kappa shape index (κ1) is 12.9. The number of carbonyl (C=O) groups is 2. The largest absolute Gasteiger partial charge is 0.480 e. The first-order valence-electron chi connectivity index (χ1n) is 6.55. The van der Waals surface area contributed by atoms with E-state index in [1.54, 1.807) is 12.1 Å². The van der Waals surface area contributed by atoms with Crippen LogP contribution in [0, 0.1) is 5.82 Å². The lowest BCUT2D eigenvalue weighted by Gasteiger charge is -2.24. The number of fused-ring (bicyclic) bond motifs is 1. The average molecular weight is 279 g/mol. The van der Waals surface area contributed by atoms with E-state index >= 15 is 0 Å². The van der Waals surface area contributed by atoms with E-state index in [0.717, 1.165) is 0 Å². The summed E-state index contributed by atoms with van der Waals surface area (Å²) in [4.78, 5) is 24.8. The lowest BCUT2D eigenvalue weighted by molar-refractivity contribution is -0.150. The Bertz CT molecular complexity index is 574. The van der Waals surface area contributed by atoms with Crippen LogP contribution in [0.25, 0.3) is 0 Å². The Morgan fingerprint density at radius 1 is 1.40 bits per heavy atom. The lowest BCUT2D eigenvalue weighted by atomic mass is 10.1. The molecule has 106 valence electrons. The molecule has 0 bridgehead atoms. The van der Waals surface area contributed by atoms with Gasteiger partial charge in [-0.1, -0.05) is 12.1 Å². The molecule has 0 radical (unpaired) electrons. The fourth-order valence-electron chi connectivity index (χ4n) is 2.84. The van der Waals surface area contributed by atoms with Crippen LogP contribution < -0.4 is 4.74 Å². The normalized spacial score (nSPS) is 24.4. The second-order valence-corrected chi connectivity index (χ2v) is 5.07. The number of aliphatic carboxylic acids is 1. The van der Waals surface area contributed by atoms with Crippen LogP contribution in [0.2, 0.25) is 0 Å². The van der Waals surface area contributed by atoms with Crippen molar-refractivity contribution >= 4 is 11.9 Å². The number of rotatable bonds is 2. The van der Waals surface area contributed by atoms with Crippen LogP contribution in [0.3, 0.4) is 0 Å². The van der Waals surface area contributed by atoms with Crippen molar-refractivity contribution in [1.29, 1.82) is 0 Å². The highest BCUT2D eigenvalue weighted by atomic mass is 19.1. The number of amides is 1. The minimum absolute atomic E-state index is 0.108. The van der Waals surface area contributed by atoms with Gasteiger partial charge < -0.3 is 14.7 Å². The molecule has 1 fully saturated rings. The van der Waals surface area contributed by atoms with Crippen LogP contribution in [0.4, 0.5) is 4.39 Å². The zero-order valence-corrected chi connectivity index (χ0v) is 10.7. The molecule has 6 heteroatoms. The minimum Gasteiger partial charge on any atom is -0.480 e. The predicted molar refractivity (Wildman–Crippen MR) is 66.9 cm³/mol. The van der Waals surface area contributed by atoms with Crippen molar-refractivity contribution in [2.75, 3.05) is 6.54 Å². The van der Waals surface area contributed by atoms with Crippen molar-refractivity contribution in [1.82, 2.24) is 4.90 Å². The molecular weight excluding hydrogens is 265 g/mol. The van der Waals surface area contributed by atoms with Gasteiger partial charge in [0.25, 0.3) is 5.91 Å². The van der Waals surface area contributed by atoms with Gasteiger partial charge in [0, 0.05) is 18.5 Å². The zero-order chi connectivity index (χ0) is 14.3. The Kier molecular flexibility index (Phi) is 3.08. The van der Waals surface area contributed by atoms with Crippen LogP contribution in [-0.4, -0.2) is 40.6 Å². The average Bonchev–Trinajstić information content (AvgIpc) is 3.05. The highest BCUT2D eigenvalue weighted by Gasteiger charge is 2.40. The van der Waals surface area contributed by atoms with E-state index in [1.165, 1.54) is 11.0 Å². The fourth-order valence-corrected chi connectivity index (χ4v) is 2.84. The third-order valence-corrected chi connectivity index (χ3v) is 3.81. The number of carboxylic acid groups (broad SMARTS) is 1. The molecule has 2 heterocycles. The Labute approximate surface area is 114 Å². The van der Waals surface area contributed by atoms with E-state index in [4.69, 9.17) is 9.84 Å². The maximum Gasteiger partial charge on any atom is 0.326 e. The molecule has 0 spiro atoms. The summed E-state index contributed by atoms with van der Waals surface area (Å²) >= 11 is 0.